The molecule has 1 aliphatic carbocycles. The molecule has 1 heterocycles. The first kappa shape index (κ1) is 17.9. The molecule has 0 spiro atoms. The quantitative estimate of drug-likeness (QED) is 0.586. The molecule has 1 saturated heterocycles. The lowest BCUT2D eigenvalue weighted by molar-refractivity contribution is -0.150. The number of imide groups is 1. The van der Waals surface area contributed by atoms with Gasteiger partial charge in [0.1, 0.15) is 12.1 Å². The third kappa shape index (κ3) is 3.68. The van der Waals surface area contributed by atoms with Gasteiger partial charge in [0.25, 0.3) is 11.8 Å². The number of amides is 4. The van der Waals surface area contributed by atoms with Gasteiger partial charge >= 0.3 is 12.0 Å². The third-order valence-electron chi connectivity index (χ3n) is 4.65. The van der Waals surface area contributed by atoms with Gasteiger partial charge in [-0.15, -0.1) is 0 Å². The Morgan fingerprint density at radius 1 is 1.35 bits per heavy atom. The average Bonchev–Trinajstić information content (AvgIpc) is 3.39. The van der Waals surface area contributed by atoms with Crippen LogP contribution in [0.2, 0.25) is 0 Å². The Hall–Kier alpha value is -2.90. The number of anilines is 1. The number of ether oxygens (including phenoxy) is 1. The normalized spacial score (nSPS) is 22.2. The minimum Gasteiger partial charge on any atom is -0.454 e. The number of hydrogen-bond donors (Lipinski definition) is 2. The molecule has 2 aliphatic rings. The summed E-state index contributed by atoms with van der Waals surface area (Å²) in [5, 5.41) is 5.26. The number of carbonyl (C=O) groups excluding carboxylic acids is 4. The van der Waals surface area contributed by atoms with Gasteiger partial charge < -0.3 is 15.4 Å². The van der Waals surface area contributed by atoms with E-state index in [1.165, 1.54) is 0 Å². The number of nitrogens with one attached hydrogen (secondary N) is 2. The fourth-order valence-electron chi connectivity index (χ4n) is 3.04. The standard InChI is InChI=1S/C18H21N3O5/c1-11-4-3-5-13(8-11)19-14(22)10-26-15(23)9-21-16(24)18(2,12-6-7-12)20-17(21)25/h3-5,8,12H,6-7,9-10H2,1-2H3,(H,19,22)(H,20,25)/t18-/m1/s1. The van der Waals surface area contributed by atoms with Crippen molar-refractivity contribution in [3.63, 3.8) is 0 Å². The third-order valence-corrected chi connectivity index (χ3v) is 4.65. The Bertz CT molecular complexity index is 774. The molecule has 3 rings (SSSR count). The zero-order chi connectivity index (χ0) is 18.9. The summed E-state index contributed by atoms with van der Waals surface area (Å²) >= 11 is 0. The summed E-state index contributed by atoms with van der Waals surface area (Å²) in [5.74, 6) is -1.62. The van der Waals surface area contributed by atoms with Crippen molar-refractivity contribution in [3.05, 3.63) is 29.8 Å². The van der Waals surface area contributed by atoms with Crippen molar-refractivity contribution >= 4 is 29.5 Å². The van der Waals surface area contributed by atoms with E-state index in [2.05, 4.69) is 10.6 Å². The minimum absolute atomic E-state index is 0.111. The average molecular weight is 359 g/mol. The van der Waals surface area contributed by atoms with Crippen molar-refractivity contribution in [1.82, 2.24) is 10.2 Å². The smallest absolute Gasteiger partial charge is 0.326 e. The zero-order valence-electron chi connectivity index (χ0n) is 14.7. The molecular formula is C18H21N3O5. The number of benzene rings is 1. The van der Waals surface area contributed by atoms with Gasteiger partial charge in [-0.1, -0.05) is 12.1 Å². The van der Waals surface area contributed by atoms with Gasteiger partial charge in [0.15, 0.2) is 6.61 Å². The number of aryl methyl sites for hydroxylation is 1. The largest absolute Gasteiger partial charge is 0.454 e. The molecule has 1 saturated carbocycles. The summed E-state index contributed by atoms with van der Waals surface area (Å²) in [6.07, 6.45) is 1.75. The van der Waals surface area contributed by atoms with E-state index in [9.17, 15) is 19.2 Å². The number of esters is 1. The molecule has 2 fully saturated rings. The van der Waals surface area contributed by atoms with Crippen LogP contribution in [0.1, 0.15) is 25.3 Å². The highest BCUT2D eigenvalue weighted by Crippen LogP contribution is 2.42. The second-order valence-electron chi connectivity index (χ2n) is 6.88. The second kappa shape index (κ2) is 6.78. The van der Waals surface area contributed by atoms with Gasteiger partial charge in [0, 0.05) is 5.69 Å². The highest BCUT2D eigenvalue weighted by Gasteiger charge is 2.56. The van der Waals surface area contributed by atoms with E-state index in [1.54, 1.807) is 25.1 Å². The number of hydrogen-bond acceptors (Lipinski definition) is 5. The molecule has 8 heteroatoms. The molecule has 1 aromatic carbocycles. The fraction of sp³-hybridized carbons (Fsp3) is 0.444. The van der Waals surface area contributed by atoms with Gasteiger partial charge in [-0.05, 0) is 50.3 Å². The first-order valence-electron chi connectivity index (χ1n) is 8.46. The monoisotopic (exact) mass is 359 g/mol. The van der Waals surface area contributed by atoms with Gasteiger partial charge in [0.05, 0.1) is 0 Å². The summed E-state index contributed by atoms with van der Waals surface area (Å²) < 4.78 is 4.88. The van der Waals surface area contributed by atoms with Crippen molar-refractivity contribution in [2.24, 2.45) is 5.92 Å². The van der Waals surface area contributed by atoms with E-state index < -0.39 is 42.5 Å². The van der Waals surface area contributed by atoms with Crippen molar-refractivity contribution in [2.75, 3.05) is 18.5 Å². The van der Waals surface area contributed by atoms with Crippen LogP contribution in [-0.2, 0) is 19.1 Å². The first-order valence-corrected chi connectivity index (χ1v) is 8.46. The Kier molecular flexibility index (Phi) is 4.67. The van der Waals surface area contributed by atoms with Gasteiger partial charge in [0.2, 0.25) is 0 Å². The van der Waals surface area contributed by atoms with Crippen LogP contribution in [0.15, 0.2) is 24.3 Å². The molecule has 0 radical (unpaired) electrons. The molecule has 1 aromatic rings. The van der Waals surface area contributed by atoms with Crippen molar-refractivity contribution in [1.29, 1.82) is 0 Å². The molecule has 138 valence electrons. The van der Waals surface area contributed by atoms with Gasteiger partial charge in [-0.25, -0.2) is 4.79 Å². The van der Waals surface area contributed by atoms with Crippen LogP contribution in [0.25, 0.3) is 0 Å². The van der Waals surface area contributed by atoms with Crippen molar-refractivity contribution in [2.45, 2.75) is 32.2 Å². The molecule has 26 heavy (non-hydrogen) atoms. The van der Waals surface area contributed by atoms with Crippen LogP contribution in [0.4, 0.5) is 10.5 Å². The number of carbonyl (C=O) groups is 4. The highest BCUT2D eigenvalue weighted by molar-refractivity contribution is 6.09. The van der Waals surface area contributed by atoms with E-state index in [0.29, 0.717) is 5.69 Å². The maximum Gasteiger partial charge on any atom is 0.326 e. The topological polar surface area (TPSA) is 105 Å². The summed E-state index contributed by atoms with van der Waals surface area (Å²) in [6, 6.07) is 6.59. The van der Waals surface area contributed by atoms with E-state index >= 15 is 0 Å². The van der Waals surface area contributed by atoms with Crippen LogP contribution < -0.4 is 10.6 Å². The second-order valence-corrected chi connectivity index (χ2v) is 6.88. The first-order chi connectivity index (χ1) is 12.3. The number of urea groups is 1. The van der Waals surface area contributed by atoms with Crippen LogP contribution in [0, 0.1) is 12.8 Å². The van der Waals surface area contributed by atoms with E-state index in [1.807, 2.05) is 13.0 Å². The molecule has 1 atom stereocenters. The van der Waals surface area contributed by atoms with Crippen LogP contribution in [0.3, 0.4) is 0 Å². The highest BCUT2D eigenvalue weighted by atomic mass is 16.5. The number of nitrogens with zero attached hydrogens (tertiary/aromatic N) is 1. The van der Waals surface area contributed by atoms with Crippen molar-refractivity contribution < 1.29 is 23.9 Å². The molecule has 8 nitrogen and oxygen atoms in total. The maximum absolute atomic E-state index is 12.4. The zero-order valence-corrected chi connectivity index (χ0v) is 14.7. The molecule has 1 aliphatic heterocycles. The SMILES string of the molecule is Cc1cccc(NC(=O)COC(=O)CN2C(=O)N[C@](C)(C3CC3)C2=O)c1. The molecule has 2 N–H and O–H groups in total. The molecule has 4 amide bonds. The fourth-order valence-corrected chi connectivity index (χ4v) is 3.04. The summed E-state index contributed by atoms with van der Waals surface area (Å²) in [4.78, 5) is 49.0. The summed E-state index contributed by atoms with van der Waals surface area (Å²) in [6.45, 7) is 2.57. The lowest BCUT2D eigenvalue weighted by Gasteiger charge is -2.20. The lowest BCUT2D eigenvalue weighted by atomic mass is 9.96. The maximum atomic E-state index is 12.4. The Labute approximate surface area is 150 Å². The predicted molar refractivity (Wildman–Crippen MR) is 92.1 cm³/mol. The van der Waals surface area contributed by atoms with Crippen molar-refractivity contribution in [3.8, 4) is 0 Å². The van der Waals surface area contributed by atoms with Gasteiger partial charge in [-0.3, -0.25) is 19.3 Å². The van der Waals surface area contributed by atoms with Crippen LogP contribution in [-0.4, -0.2) is 47.4 Å². The minimum atomic E-state index is -0.945. The Morgan fingerprint density at radius 3 is 2.73 bits per heavy atom. The lowest BCUT2D eigenvalue weighted by Crippen LogP contribution is -2.46. The van der Waals surface area contributed by atoms with E-state index in [-0.39, 0.29) is 5.92 Å². The van der Waals surface area contributed by atoms with Crippen LogP contribution >= 0.6 is 0 Å². The molecule has 0 aromatic heterocycles. The summed E-state index contributed by atoms with van der Waals surface area (Å²) in [7, 11) is 0. The number of rotatable bonds is 6. The Morgan fingerprint density at radius 2 is 2.08 bits per heavy atom. The molecule has 0 bridgehead atoms. The summed E-state index contributed by atoms with van der Waals surface area (Å²) in [5.41, 5.74) is 0.636. The van der Waals surface area contributed by atoms with E-state index in [0.717, 1.165) is 23.3 Å². The molecular weight excluding hydrogens is 338 g/mol. The van der Waals surface area contributed by atoms with E-state index in [4.69, 9.17) is 4.74 Å². The Balaban J connectivity index is 1.49. The molecule has 0 unspecified atom stereocenters. The van der Waals surface area contributed by atoms with Crippen LogP contribution in [0.5, 0.6) is 0 Å². The van der Waals surface area contributed by atoms with Gasteiger partial charge in [-0.2, -0.15) is 0 Å². The predicted octanol–water partition coefficient (Wildman–Crippen LogP) is 1.20.